The van der Waals surface area contributed by atoms with E-state index in [0.717, 1.165) is 6.07 Å². The topological polar surface area (TPSA) is 59.2 Å². The number of aromatic hydroxyl groups is 1. The predicted molar refractivity (Wildman–Crippen MR) is 97.3 cm³/mol. The van der Waals surface area contributed by atoms with Gasteiger partial charge in [-0.25, -0.2) is 0 Å². The van der Waals surface area contributed by atoms with Crippen molar-refractivity contribution in [3.63, 3.8) is 0 Å². The molecule has 0 amide bonds. The third-order valence-electron chi connectivity index (χ3n) is 4.21. The minimum Gasteiger partial charge on any atom is -0.508 e. The number of phenols is 1. The van der Waals surface area contributed by atoms with Crippen LogP contribution in [0.25, 0.3) is 34.0 Å². The van der Waals surface area contributed by atoms with Crippen LogP contribution in [0.5, 0.6) is 5.75 Å². The second-order valence-electron chi connectivity index (χ2n) is 6.09. The highest BCUT2D eigenvalue weighted by Gasteiger charge is 2.34. The summed E-state index contributed by atoms with van der Waals surface area (Å²) in [5, 5.41) is 13.1. The van der Waals surface area contributed by atoms with Gasteiger partial charge in [-0.15, -0.1) is 0 Å². The zero-order valence-corrected chi connectivity index (χ0v) is 14.3. The van der Waals surface area contributed by atoms with Gasteiger partial charge >= 0.3 is 6.18 Å². The van der Waals surface area contributed by atoms with Gasteiger partial charge in [-0.3, -0.25) is 0 Å². The lowest BCUT2D eigenvalue weighted by molar-refractivity contribution is -0.137. The molecule has 1 N–H and O–H groups in total. The van der Waals surface area contributed by atoms with E-state index >= 15 is 0 Å². The molecule has 0 bridgehead atoms. The normalized spacial score (nSPS) is 11.5. The minimum absolute atomic E-state index is 0.0492. The van der Waals surface area contributed by atoms with Gasteiger partial charge in [0.25, 0.3) is 5.89 Å². The van der Waals surface area contributed by atoms with Crippen LogP contribution in [0.2, 0.25) is 0 Å². The van der Waals surface area contributed by atoms with E-state index in [2.05, 4.69) is 10.1 Å². The van der Waals surface area contributed by atoms with Crippen LogP contribution < -0.4 is 0 Å². The zero-order chi connectivity index (χ0) is 19.7. The summed E-state index contributed by atoms with van der Waals surface area (Å²) in [5.41, 5.74) is 0.528. The number of rotatable bonds is 3. The third kappa shape index (κ3) is 3.46. The molecule has 0 atom stereocenters. The maximum Gasteiger partial charge on any atom is 0.417 e. The smallest absolute Gasteiger partial charge is 0.417 e. The molecule has 4 aromatic rings. The number of hydrogen-bond donors (Lipinski definition) is 1. The Balaban J connectivity index is 1.76. The van der Waals surface area contributed by atoms with Crippen molar-refractivity contribution in [1.29, 1.82) is 0 Å². The second kappa shape index (κ2) is 6.84. The van der Waals surface area contributed by atoms with E-state index in [-0.39, 0.29) is 28.6 Å². The Labute approximate surface area is 157 Å². The van der Waals surface area contributed by atoms with Gasteiger partial charge in [0.2, 0.25) is 5.82 Å². The van der Waals surface area contributed by atoms with E-state index in [0.29, 0.717) is 11.1 Å². The Kier molecular flexibility index (Phi) is 4.35. The largest absolute Gasteiger partial charge is 0.508 e. The zero-order valence-electron chi connectivity index (χ0n) is 14.3. The summed E-state index contributed by atoms with van der Waals surface area (Å²) in [5.74, 6) is 0.277. The molecule has 1 heterocycles. The highest BCUT2D eigenvalue weighted by Crippen LogP contribution is 2.39. The Morgan fingerprint density at radius 1 is 0.786 bits per heavy atom. The molecular formula is C21H13F3N2O2. The molecule has 0 unspecified atom stereocenters. The third-order valence-corrected chi connectivity index (χ3v) is 4.21. The van der Waals surface area contributed by atoms with Crippen molar-refractivity contribution in [2.75, 3.05) is 0 Å². The standard InChI is InChI=1S/C21H13F3N2O2/c22-21(23,24)18-12-15(8-11-17(18)13-4-2-1-3-5-13)19-25-20(28-26-19)14-6-9-16(27)10-7-14/h1-12,27H. The Hall–Kier alpha value is -3.61. The quantitative estimate of drug-likeness (QED) is 0.487. The van der Waals surface area contributed by atoms with Crippen molar-refractivity contribution in [2.45, 2.75) is 6.18 Å². The number of phenolic OH excluding ortho intramolecular Hbond substituents is 1. The molecule has 4 rings (SSSR count). The number of benzene rings is 3. The molecule has 7 heteroatoms. The molecule has 0 aliphatic carbocycles. The molecule has 140 valence electrons. The summed E-state index contributed by atoms with van der Waals surface area (Å²) < 4.78 is 46.1. The van der Waals surface area contributed by atoms with Crippen LogP contribution in [0.15, 0.2) is 77.3 Å². The SMILES string of the molecule is Oc1ccc(-c2nc(-c3ccc(-c4ccccc4)c(C(F)(F)F)c3)no2)cc1. The number of nitrogens with zero attached hydrogens (tertiary/aromatic N) is 2. The minimum atomic E-state index is -4.54. The van der Waals surface area contributed by atoms with Crippen molar-refractivity contribution in [3.05, 3.63) is 78.4 Å². The fraction of sp³-hybridized carbons (Fsp3) is 0.0476. The first-order valence-corrected chi connectivity index (χ1v) is 8.32. The van der Waals surface area contributed by atoms with Gasteiger partial charge in [-0.1, -0.05) is 47.6 Å². The van der Waals surface area contributed by atoms with Crippen LogP contribution >= 0.6 is 0 Å². The average Bonchev–Trinajstić information content (AvgIpc) is 3.18. The van der Waals surface area contributed by atoms with Gasteiger partial charge in [0.05, 0.1) is 5.56 Å². The number of alkyl halides is 3. The number of halogens is 3. The lowest BCUT2D eigenvalue weighted by Crippen LogP contribution is -2.07. The molecule has 1 aromatic heterocycles. The molecule has 4 nitrogen and oxygen atoms in total. The summed E-state index contributed by atoms with van der Waals surface area (Å²) in [6.07, 6.45) is -4.54. The van der Waals surface area contributed by atoms with Crippen LogP contribution in [0, 0.1) is 0 Å². The van der Waals surface area contributed by atoms with Crippen molar-refractivity contribution in [2.24, 2.45) is 0 Å². The highest BCUT2D eigenvalue weighted by molar-refractivity contribution is 5.72. The molecule has 0 saturated carbocycles. The van der Waals surface area contributed by atoms with E-state index in [1.165, 1.54) is 24.3 Å². The molecule has 0 saturated heterocycles. The van der Waals surface area contributed by atoms with E-state index < -0.39 is 11.7 Å². The molecule has 3 aromatic carbocycles. The van der Waals surface area contributed by atoms with Crippen molar-refractivity contribution in [1.82, 2.24) is 10.1 Å². The summed E-state index contributed by atoms with van der Waals surface area (Å²) in [4.78, 5) is 4.18. The molecule has 28 heavy (non-hydrogen) atoms. The Morgan fingerprint density at radius 3 is 2.14 bits per heavy atom. The Morgan fingerprint density at radius 2 is 1.46 bits per heavy atom. The maximum absolute atomic E-state index is 13.6. The fourth-order valence-electron chi connectivity index (χ4n) is 2.85. The van der Waals surface area contributed by atoms with E-state index in [1.807, 2.05) is 0 Å². The van der Waals surface area contributed by atoms with Crippen molar-refractivity contribution < 1.29 is 22.8 Å². The van der Waals surface area contributed by atoms with E-state index in [1.54, 1.807) is 42.5 Å². The monoisotopic (exact) mass is 382 g/mol. The van der Waals surface area contributed by atoms with Gasteiger partial charge in [0.15, 0.2) is 0 Å². The van der Waals surface area contributed by atoms with E-state index in [9.17, 15) is 18.3 Å². The van der Waals surface area contributed by atoms with Crippen LogP contribution in [0.1, 0.15) is 5.56 Å². The average molecular weight is 382 g/mol. The number of aromatic nitrogens is 2. The predicted octanol–water partition coefficient (Wildman–Crippen LogP) is 5.80. The molecule has 0 aliphatic heterocycles. The maximum atomic E-state index is 13.6. The van der Waals surface area contributed by atoms with Gasteiger partial charge in [-0.2, -0.15) is 18.2 Å². The lowest BCUT2D eigenvalue weighted by Gasteiger charge is -2.14. The van der Waals surface area contributed by atoms with Gasteiger partial charge in [0, 0.05) is 11.1 Å². The molecule has 0 aliphatic rings. The van der Waals surface area contributed by atoms with Gasteiger partial charge in [-0.05, 0) is 41.5 Å². The summed E-state index contributed by atoms with van der Waals surface area (Å²) in [6.45, 7) is 0. The lowest BCUT2D eigenvalue weighted by atomic mass is 9.97. The Bertz CT molecular complexity index is 1100. The first-order chi connectivity index (χ1) is 13.4. The number of hydrogen-bond acceptors (Lipinski definition) is 4. The van der Waals surface area contributed by atoms with Crippen molar-refractivity contribution in [3.8, 4) is 39.7 Å². The first-order valence-electron chi connectivity index (χ1n) is 8.32. The summed E-state index contributed by atoms with van der Waals surface area (Å²) in [7, 11) is 0. The highest BCUT2D eigenvalue weighted by atomic mass is 19.4. The molecule has 0 spiro atoms. The molecule has 0 radical (unpaired) electrons. The van der Waals surface area contributed by atoms with E-state index in [4.69, 9.17) is 4.52 Å². The van der Waals surface area contributed by atoms with Crippen LogP contribution in [0.3, 0.4) is 0 Å². The summed E-state index contributed by atoms with van der Waals surface area (Å²) >= 11 is 0. The van der Waals surface area contributed by atoms with Crippen molar-refractivity contribution >= 4 is 0 Å². The molecule has 0 fully saturated rings. The van der Waals surface area contributed by atoms with Crippen LogP contribution in [-0.4, -0.2) is 15.2 Å². The van der Waals surface area contributed by atoms with Crippen LogP contribution in [0.4, 0.5) is 13.2 Å². The second-order valence-corrected chi connectivity index (χ2v) is 6.09. The first kappa shape index (κ1) is 17.8. The van der Waals surface area contributed by atoms with Gasteiger partial charge < -0.3 is 9.63 Å². The summed E-state index contributed by atoms with van der Waals surface area (Å²) in [6, 6.07) is 18.4. The fourth-order valence-corrected chi connectivity index (χ4v) is 2.85. The molecular weight excluding hydrogens is 369 g/mol. The van der Waals surface area contributed by atoms with Gasteiger partial charge in [0.1, 0.15) is 5.75 Å². The van der Waals surface area contributed by atoms with Crippen LogP contribution in [-0.2, 0) is 6.18 Å².